The first-order valence-electron chi connectivity index (χ1n) is 4.55. The van der Waals surface area contributed by atoms with Crippen molar-refractivity contribution in [2.75, 3.05) is 0 Å². The molecule has 1 aliphatic carbocycles. The molecule has 0 aromatic carbocycles. The van der Waals surface area contributed by atoms with Crippen LogP contribution in [0.3, 0.4) is 0 Å². The van der Waals surface area contributed by atoms with Gasteiger partial charge in [0.1, 0.15) is 6.29 Å². The number of hydrogen-bond donors (Lipinski definition) is 0. The summed E-state index contributed by atoms with van der Waals surface area (Å²) in [6.45, 7) is 2.00. The molecule has 0 bridgehead atoms. The van der Waals surface area contributed by atoms with Gasteiger partial charge in [-0.1, -0.05) is 24.3 Å². The molecule has 0 aromatic heterocycles. The Hall–Kier alpha value is -0.850. The second-order valence-corrected chi connectivity index (χ2v) is 3.47. The normalized spacial score (nSPS) is 29.4. The van der Waals surface area contributed by atoms with Crippen LogP contribution in [0.1, 0.15) is 32.6 Å². The van der Waals surface area contributed by atoms with Gasteiger partial charge in [0.2, 0.25) is 0 Å². The van der Waals surface area contributed by atoms with E-state index in [1.54, 1.807) is 0 Å². The first-order chi connectivity index (χ1) is 5.83. The summed E-state index contributed by atoms with van der Waals surface area (Å²) in [4.78, 5) is 10.9. The summed E-state index contributed by atoms with van der Waals surface area (Å²) < 4.78 is 0. The Bertz CT molecular complexity index is 203. The molecule has 66 valence electrons. The molecule has 1 nitrogen and oxygen atoms in total. The zero-order chi connectivity index (χ0) is 8.86. The summed E-state index contributed by atoms with van der Waals surface area (Å²) in [5, 5.41) is 0. The smallest absolute Gasteiger partial charge is 0.126 e. The molecule has 0 saturated carbocycles. The van der Waals surface area contributed by atoms with Crippen molar-refractivity contribution in [3.05, 3.63) is 24.3 Å². The second-order valence-electron chi connectivity index (χ2n) is 3.47. The highest BCUT2D eigenvalue weighted by molar-refractivity contribution is 5.60. The van der Waals surface area contributed by atoms with Crippen LogP contribution in [0.4, 0.5) is 0 Å². The average molecular weight is 164 g/mol. The maximum atomic E-state index is 10.9. The minimum atomic E-state index is -0.0821. The third kappa shape index (κ3) is 2.07. The van der Waals surface area contributed by atoms with Gasteiger partial charge in [-0.05, 0) is 32.6 Å². The number of hydrogen-bond acceptors (Lipinski definition) is 1. The maximum Gasteiger partial charge on any atom is 0.126 e. The summed E-state index contributed by atoms with van der Waals surface area (Å²) >= 11 is 0. The van der Waals surface area contributed by atoms with Crippen LogP contribution in [-0.2, 0) is 4.79 Å². The molecule has 1 rings (SSSR count). The SMILES string of the molecule is C/C=C/CC1(C=O)CC=CCC1. The molecule has 0 saturated heterocycles. The van der Waals surface area contributed by atoms with Crippen LogP contribution in [0.2, 0.25) is 0 Å². The third-order valence-electron chi connectivity index (χ3n) is 2.51. The van der Waals surface area contributed by atoms with E-state index in [2.05, 4.69) is 18.2 Å². The highest BCUT2D eigenvalue weighted by atomic mass is 16.1. The summed E-state index contributed by atoms with van der Waals surface area (Å²) in [6, 6.07) is 0. The lowest BCUT2D eigenvalue weighted by Gasteiger charge is -2.27. The second kappa shape index (κ2) is 4.24. The van der Waals surface area contributed by atoms with Crippen molar-refractivity contribution in [1.82, 2.24) is 0 Å². The van der Waals surface area contributed by atoms with Crippen LogP contribution < -0.4 is 0 Å². The molecular formula is C11H16O. The number of aldehydes is 1. The Balaban J connectivity index is 2.61. The van der Waals surface area contributed by atoms with E-state index < -0.39 is 0 Å². The fourth-order valence-corrected chi connectivity index (χ4v) is 1.60. The molecule has 0 aliphatic heterocycles. The fourth-order valence-electron chi connectivity index (χ4n) is 1.60. The molecular weight excluding hydrogens is 148 g/mol. The monoisotopic (exact) mass is 164 g/mol. The number of carbonyl (C=O) groups is 1. The number of allylic oxidation sites excluding steroid dienone is 4. The summed E-state index contributed by atoms with van der Waals surface area (Å²) in [6.07, 6.45) is 13.4. The summed E-state index contributed by atoms with van der Waals surface area (Å²) in [5.74, 6) is 0. The van der Waals surface area contributed by atoms with Crippen LogP contribution in [-0.4, -0.2) is 6.29 Å². The molecule has 1 aliphatic rings. The first-order valence-corrected chi connectivity index (χ1v) is 4.55. The third-order valence-corrected chi connectivity index (χ3v) is 2.51. The van der Waals surface area contributed by atoms with E-state index in [1.807, 2.05) is 13.0 Å². The topological polar surface area (TPSA) is 17.1 Å². The van der Waals surface area contributed by atoms with Crippen LogP contribution in [0.5, 0.6) is 0 Å². The minimum Gasteiger partial charge on any atom is -0.303 e. The molecule has 0 heterocycles. The van der Waals surface area contributed by atoms with Gasteiger partial charge in [-0.25, -0.2) is 0 Å². The van der Waals surface area contributed by atoms with Crippen LogP contribution in [0.15, 0.2) is 24.3 Å². The zero-order valence-electron chi connectivity index (χ0n) is 7.62. The standard InChI is InChI=1S/C11H16O/c1-2-3-7-11(10-12)8-5-4-6-9-11/h2-5,10H,6-9H2,1H3/b3-2+. The first kappa shape index (κ1) is 9.24. The largest absolute Gasteiger partial charge is 0.303 e. The van der Waals surface area contributed by atoms with E-state index in [1.165, 1.54) is 0 Å². The molecule has 1 unspecified atom stereocenters. The fraction of sp³-hybridized carbons (Fsp3) is 0.545. The predicted octanol–water partition coefficient (Wildman–Crippen LogP) is 2.88. The van der Waals surface area contributed by atoms with Crippen molar-refractivity contribution in [3.63, 3.8) is 0 Å². The van der Waals surface area contributed by atoms with E-state index in [9.17, 15) is 4.79 Å². The predicted molar refractivity (Wildman–Crippen MR) is 50.9 cm³/mol. The maximum absolute atomic E-state index is 10.9. The van der Waals surface area contributed by atoms with Crippen LogP contribution in [0.25, 0.3) is 0 Å². The summed E-state index contributed by atoms with van der Waals surface area (Å²) in [5.41, 5.74) is -0.0821. The Morgan fingerprint density at radius 2 is 2.33 bits per heavy atom. The number of carbonyl (C=O) groups excluding carboxylic acids is 1. The van der Waals surface area contributed by atoms with E-state index in [0.717, 1.165) is 32.0 Å². The van der Waals surface area contributed by atoms with E-state index in [4.69, 9.17) is 0 Å². The molecule has 12 heavy (non-hydrogen) atoms. The van der Waals surface area contributed by atoms with Gasteiger partial charge in [0.05, 0.1) is 0 Å². The Morgan fingerprint density at radius 3 is 2.83 bits per heavy atom. The van der Waals surface area contributed by atoms with Crippen molar-refractivity contribution >= 4 is 6.29 Å². The van der Waals surface area contributed by atoms with E-state index >= 15 is 0 Å². The Labute approximate surface area is 74.2 Å². The molecule has 0 amide bonds. The molecule has 0 fully saturated rings. The summed E-state index contributed by atoms with van der Waals surface area (Å²) in [7, 11) is 0. The van der Waals surface area contributed by atoms with Gasteiger partial charge in [-0.3, -0.25) is 0 Å². The van der Waals surface area contributed by atoms with Gasteiger partial charge in [-0.2, -0.15) is 0 Å². The highest BCUT2D eigenvalue weighted by Gasteiger charge is 2.27. The molecule has 1 atom stereocenters. The van der Waals surface area contributed by atoms with Gasteiger partial charge in [0, 0.05) is 5.41 Å². The Kier molecular flexibility index (Phi) is 3.27. The van der Waals surface area contributed by atoms with Crippen LogP contribution in [0, 0.1) is 5.41 Å². The molecule has 0 N–H and O–H groups in total. The van der Waals surface area contributed by atoms with Crippen molar-refractivity contribution in [2.24, 2.45) is 5.41 Å². The van der Waals surface area contributed by atoms with Crippen molar-refractivity contribution in [3.8, 4) is 0 Å². The Morgan fingerprint density at radius 1 is 1.50 bits per heavy atom. The van der Waals surface area contributed by atoms with Gasteiger partial charge >= 0.3 is 0 Å². The zero-order valence-corrected chi connectivity index (χ0v) is 7.62. The lowest BCUT2D eigenvalue weighted by Crippen LogP contribution is -2.22. The lowest BCUT2D eigenvalue weighted by molar-refractivity contribution is -0.116. The van der Waals surface area contributed by atoms with Crippen molar-refractivity contribution in [2.45, 2.75) is 32.6 Å². The van der Waals surface area contributed by atoms with Crippen LogP contribution >= 0.6 is 0 Å². The van der Waals surface area contributed by atoms with Gasteiger partial charge in [-0.15, -0.1) is 0 Å². The quantitative estimate of drug-likeness (QED) is 0.463. The molecule has 0 aromatic rings. The average Bonchev–Trinajstić information content (AvgIpc) is 2.16. The number of rotatable bonds is 3. The van der Waals surface area contributed by atoms with Gasteiger partial charge < -0.3 is 4.79 Å². The minimum absolute atomic E-state index is 0.0821. The van der Waals surface area contributed by atoms with Crippen molar-refractivity contribution in [1.29, 1.82) is 0 Å². The van der Waals surface area contributed by atoms with Gasteiger partial charge in [0.15, 0.2) is 0 Å². The van der Waals surface area contributed by atoms with E-state index in [0.29, 0.717) is 0 Å². The van der Waals surface area contributed by atoms with E-state index in [-0.39, 0.29) is 5.41 Å². The lowest BCUT2D eigenvalue weighted by atomic mass is 9.76. The highest BCUT2D eigenvalue weighted by Crippen LogP contribution is 2.34. The van der Waals surface area contributed by atoms with Crippen molar-refractivity contribution < 1.29 is 4.79 Å². The van der Waals surface area contributed by atoms with Gasteiger partial charge in [0.25, 0.3) is 0 Å². The molecule has 0 spiro atoms. The molecule has 1 heteroatoms. The molecule has 0 radical (unpaired) electrons.